The second kappa shape index (κ2) is 5.88. The van der Waals surface area contributed by atoms with Gasteiger partial charge in [0.15, 0.2) is 0 Å². The maximum Gasteiger partial charge on any atom is 0.271 e. The number of anilines is 3. The Morgan fingerprint density at radius 2 is 2.14 bits per heavy atom. The van der Waals surface area contributed by atoms with Crippen LogP contribution >= 0.6 is 0 Å². The van der Waals surface area contributed by atoms with Crippen molar-refractivity contribution in [2.24, 2.45) is 0 Å². The lowest BCUT2D eigenvalue weighted by atomic mass is 10.2. The van der Waals surface area contributed by atoms with Gasteiger partial charge in [-0.05, 0) is 12.1 Å². The summed E-state index contributed by atoms with van der Waals surface area (Å²) in [5.41, 5.74) is 1.58. The van der Waals surface area contributed by atoms with Crippen LogP contribution in [0.15, 0.2) is 36.5 Å². The van der Waals surface area contributed by atoms with Gasteiger partial charge in [0.25, 0.3) is 5.69 Å². The summed E-state index contributed by atoms with van der Waals surface area (Å²) in [4.78, 5) is 16.2. The third-order valence-corrected chi connectivity index (χ3v) is 2.84. The first kappa shape index (κ1) is 14.3. The van der Waals surface area contributed by atoms with Gasteiger partial charge < -0.3 is 10.2 Å². The highest BCUT2D eigenvalue weighted by molar-refractivity contribution is 5.72. The molecule has 0 aliphatic rings. The third-order valence-electron chi connectivity index (χ3n) is 2.84. The van der Waals surface area contributed by atoms with E-state index in [1.54, 1.807) is 29.3 Å². The molecule has 1 aromatic carbocycles. The van der Waals surface area contributed by atoms with Gasteiger partial charge in [0.05, 0.1) is 10.6 Å². The quantitative estimate of drug-likeness (QED) is 0.684. The monoisotopic (exact) mass is 283 g/mol. The van der Waals surface area contributed by atoms with Crippen LogP contribution in [0, 0.1) is 21.4 Å². The molecule has 0 unspecified atom stereocenters. The third kappa shape index (κ3) is 3.06. The molecular formula is C14H13N5O2. The molecule has 1 heterocycles. The van der Waals surface area contributed by atoms with Crippen molar-refractivity contribution in [1.29, 1.82) is 5.26 Å². The van der Waals surface area contributed by atoms with Gasteiger partial charge in [-0.3, -0.25) is 10.1 Å². The van der Waals surface area contributed by atoms with E-state index in [-0.39, 0.29) is 5.69 Å². The molecule has 0 radical (unpaired) electrons. The average Bonchev–Trinajstić information content (AvgIpc) is 2.47. The first-order chi connectivity index (χ1) is 10.0. The van der Waals surface area contributed by atoms with Crippen LogP contribution in [0.4, 0.5) is 22.9 Å². The second-order valence-corrected chi connectivity index (χ2v) is 4.49. The predicted octanol–water partition coefficient (Wildman–Crippen LogP) is 2.67. The summed E-state index contributed by atoms with van der Waals surface area (Å²) < 4.78 is 0. The number of nitriles is 1. The molecule has 7 heteroatoms. The molecule has 7 nitrogen and oxygen atoms in total. The Hall–Kier alpha value is -3.14. The van der Waals surface area contributed by atoms with E-state index >= 15 is 0 Å². The molecule has 0 spiro atoms. The lowest BCUT2D eigenvalue weighted by Gasteiger charge is -2.16. The van der Waals surface area contributed by atoms with Crippen molar-refractivity contribution in [3.8, 4) is 6.07 Å². The summed E-state index contributed by atoms with van der Waals surface area (Å²) in [6.07, 6.45) is 1.58. The number of nitro benzene ring substituents is 1. The number of hydrogen-bond acceptors (Lipinski definition) is 6. The van der Waals surface area contributed by atoms with Crippen molar-refractivity contribution < 1.29 is 4.92 Å². The topological polar surface area (TPSA) is 95.1 Å². The van der Waals surface area contributed by atoms with Crippen molar-refractivity contribution in [3.63, 3.8) is 0 Å². The molecule has 1 aromatic heterocycles. The zero-order valence-corrected chi connectivity index (χ0v) is 11.6. The van der Waals surface area contributed by atoms with E-state index < -0.39 is 4.92 Å². The number of non-ortho nitro benzene ring substituents is 1. The SMILES string of the molecule is CN(C)c1ccnc(Nc2cccc([N+](=O)[O-])c2)c1C#N. The number of nitro groups is 1. The van der Waals surface area contributed by atoms with Gasteiger partial charge in [-0.15, -0.1) is 0 Å². The number of nitrogens with one attached hydrogen (secondary N) is 1. The van der Waals surface area contributed by atoms with Crippen molar-refractivity contribution >= 4 is 22.9 Å². The second-order valence-electron chi connectivity index (χ2n) is 4.49. The summed E-state index contributed by atoms with van der Waals surface area (Å²) in [5, 5.41) is 23.0. The van der Waals surface area contributed by atoms with Crippen LogP contribution in [-0.2, 0) is 0 Å². The molecule has 0 amide bonds. The minimum absolute atomic E-state index is 0.0257. The van der Waals surface area contributed by atoms with Crippen molar-refractivity contribution in [2.75, 3.05) is 24.3 Å². The molecule has 0 saturated carbocycles. The van der Waals surface area contributed by atoms with Crippen LogP contribution in [0.2, 0.25) is 0 Å². The van der Waals surface area contributed by atoms with Gasteiger partial charge in [0.2, 0.25) is 0 Å². The molecule has 21 heavy (non-hydrogen) atoms. The smallest absolute Gasteiger partial charge is 0.271 e. The van der Waals surface area contributed by atoms with Crippen LogP contribution in [0.25, 0.3) is 0 Å². The standard InChI is InChI=1S/C14H13N5O2/c1-18(2)13-6-7-16-14(12(13)9-15)17-10-4-3-5-11(8-10)19(20)21/h3-8H,1-2H3,(H,16,17). The number of aromatic nitrogens is 1. The molecule has 0 aliphatic carbocycles. The van der Waals surface area contributed by atoms with Gasteiger partial charge in [-0.25, -0.2) is 4.98 Å². The van der Waals surface area contributed by atoms with Crippen LogP contribution in [-0.4, -0.2) is 24.0 Å². The van der Waals surface area contributed by atoms with E-state index in [0.717, 1.165) is 5.69 Å². The Kier molecular flexibility index (Phi) is 4.00. The number of pyridine rings is 1. The van der Waals surface area contributed by atoms with Crippen LogP contribution in [0.3, 0.4) is 0 Å². The molecule has 1 N–H and O–H groups in total. The average molecular weight is 283 g/mol. The molecule has 0 aliphatic heterocycles. The van der Waals surface area contributed by atoms with Crippen LogP contribution < -0.4 is 10.2 Å². The molecular weight excluding hydrogens is 270 g/mol. The Bertz CT molecular complexity index is 722. The minimum Gasteiger partial charge on any atom is -0.376 e. The molecule has 0 bridgehead atoms. The highest BCUT2D eigenvalue weighted by Crippen LogP contribution is 2.27. The maximum atomic E-state index is 10.8. The molecule has 2 rings (SSSR count). The van der Waals surface area contributed by atoms with Gasteiger partial charge in [0.1, 0.15) is 17.5 Å². The fourth-order valence-corrected chi connectivity index (χ4v) is 1.86. The molecule has 0 atom stereocenters. The maximum absolute atomic E-state index is 10.8. The first-order valence-corrected chi connectivity index (χ1v) is 6.11. The largest absolute Gasteiger partial charge is 0.376 e. The zero-order valence-electron chi connectivity index (χ0n) is 11.6. The Balaban J connectivity index is 2.41. The number of rotatable bonds is 4. The normalized spacial score (nSPS) is 9.76. The van der Waals surface area contributed by atoms with Gasteiger partial charge in [0, 0.05) is 38.1 Å². The van der Waals surface area contributed by atoms with Gasteiger partial charge >= 0.3 is 0 Å². The summed E-state index contributed by atoms with van der Waals surface area (Å²) in [6.45, 7) is 0. The van der Waals surface area contributed by atoms with E-state index in [4.69, 9.17) is 0 Å². The van der Waals surface area contributed by atoms with Crippen molar-refractivity contribution in [2.45, 2.75) is 0 Å². The van der Waals surface area contributed by atoms with Crippen LogP contribution in [0.1, 0.15) is 5.56 Å². The minimum atomic E-state index is -0.472. The summed E-state index contributed by atoms with van der Waals surface area (Å²) in [7, 11) is 3.65. The van der Waals surface area contributed by atoms with E-state index in [1.165, 1.54) is 12.1 Å². The Labute approximate surface area is 121 Å². The van der Waals surface area contributed by atoms with Crippen LogP contribution in [0.5, 0.6) is 0 Å². The summed E-state index contributed by atoms with van der Waals surface area (Å²) >= 11 is 0. The van der Waals surface area contributed by atoms with Crippen molar-refractivity contribution in [1.82, 2.24) is 4.98 Å². The number of benzene rings is 1. The molecule has 106 valence electrons. The molecule has 0 fully saturated rings. The lowest BCUT2D eigenvalue weighted by Crippen LogP contribution is -2.12. The Morgan fingerprint density at radius 1 is 1.38 bits per heavy atom. The summed E-state index contributed by atoms with van der Waals surface area (Å²) in [6, 6.07) is 9.88. The van der Waals surface area contributed by atoms with E-state index in [2.05, 4.69) is 16.4 Å². The number of hydrogen-bond donors (Lipinski definition) is 1. The lowest BCUT2D eigenvalue weighted by molar-refractivity contribution is -0.384. The van der Waals surface area contributed by atoms with Gasteiger partial charge in [-0.2, -0.15) is 5.26 Å². The first-order valence-electron chi connectivity index (χ1n) is 6.11. The van der Waals surface area contributed by atoms with E-state index in [1.807, 2.05) is 14.1 Å². The zero-order chi connectivity index (χ0) is 15.4. The van der Waals surface area contributed by atoms with Gasteiger partial charge in [-0.1, -0.05) is 6.07 Å². The van der Waals surface area contributed by atoms with E-state index in [9.17, 15) is 15.4 Å². The number of nitrogens with zero attached hydrogens (tertiary/aromatic N) is 4. The molecule has 0 saturated heterocycles. The fourth-order valence-electron chi connectivity index (χ4n) is 1.86. The highest BCUT2D eigenvalue weighted by Gasteiger charge is 2.12. The highest BCUT2D eigenvalue weighted by atomic mass is 16.6. The Morgan fingerprint density at radius 3 is 2.76 bits per heavy atom. The van der Waals surface area contributed by atoms with E-state index in [0.29, 0.717) is 17.1 Å². The summed E-state index contributed by atoms with van der Waals surface area (Å²) in [5.74, 6) is 0.365. The van der Waals surface area contributed by atoms with Crippen molar-refractivity contribution in [3.05, 3.63) is 52.2 Å². The molecule has 2 aromatic rings. The predicted molar refractivity (Wildman–Crippen MR) is 79.7 cm³/mol. The fraction of sp³-hybridized carbons (Fsp3) is 0.143.